The van der Waals surface area contributed by atoms with Crippen molar-refractivity contribution in [1.29, 1.82) is 5.26 Å². The highest BCUT2D eigenvalue weighted by atomic mass is 79.9. The minimum Gasteiger partial charge on any atom is -0.242 e. The Balaban J connectivity index is 2.34. The fourth-order valence-electron chi connectivity index (χ4n) is 1.63. The van der Waals surface area contributed by atoms with Crippen LogP contribution in [-0.2, 0) is 6.42 Å². The van der Waals surface area contributed by atoms with Crippen LogP contribution in [-0.4, -0.2) is 10.3 Å². The fraction of sp³-hybridized carbons (Fsp3) is 0.455. The molecule has 0 bridgehead atoms. The van der Waals surface area contributed by atoms with Crippen molar-refractivity contribution in [3.63, 3.8) is 0 Å². The molecule has 1 saturated carbocycles. The first-order valence-corrected chi connectivity index (χ1v) is 5.93. The lowest BCUT2D eigenvalue weighted by Gasteiger charge is -2.05. The highest BCUT2D eigenvalue weighted by Crippen LogP contribution is 2.41. The molecule has 0 unspecified atom stereocenters. The summed E-state index contributed by atoms with van der Waals surface area (Å²) in [6.45, 7) is 0. The van der Waals surface area contributed by atoms with Crippen molar-refractivity contribution >= 4 is 15.9 Å². The minimum absolute atomic E-state index is 0.533. The first-order valence-electron chi connectivity index (χ1n) is 4.81. The zero-order valence-electron chi connectivity index (χ0n) is 7.83. The second-order valence-corrected chi connectivity index (χ2v) is 4.35. The molecule has 0 saturated heterocycles. The first-order chi connectivity index (χ1) is 6.85. The van der Waals surface area contributed by atoms with Crippen LogP contribution in [0.3, 0.4) is 0 Å². The van der Waals surface area contributed by atoms with Crippen LogP contribution in [0, 0.1) is 11.3 Å². The first kappa shape index (κ1) is 9.67. The van der Waals surface area contributed by atoms with Gasteiger partial charge in [-0.2, -0.15) is 5.26 Å². The van der Waals surface area contributed by atoms with Crippen molar-refractivity contribution in [1.82, 2.24) is 4.98 Å². The molecule has 0 atom stereocenters. The number of hydrogen-bond acceptors (Lipinski definition) is 2. The third-order valence-electron chi connectivity index (χ3n) is 2.47. The van der Waals surface area contributed by atoms with Gasteiger partial charge in [0.15, 0.2) is 0 Å². The van der Waals surface area contributed by atoms with E-state index in [1.54, 1.807) is 0 Å². The number of halogens is 1. The number of pyridine rings is 1. The predicted molar refractivity (Wildman–Crippen MR) is 58.4 cm³/mol. The maximum atomic E-state index is 8.75. The van der Waals surface area contributed by atoms with Crippen LogP contribution in [0.25, 0.3) is 0 Å². The molecule has 3 heteroatoms. The lowest BCUT2D eigenvalue weighted by atomic mass is 10.1. The van der Waals surface area contributed by atoms with Gasteiger partial charge in [-0.1, -0.05) is 22.0 Å². The molecule has 1 aromatic rings. The molecule has 72 valence electrons. The Morgan fingerprint density at radius 1 is 1.50 bits per heavy atom. The number of aryl methyl sites for hydroxylation is 1. The van der Waals surface area contributed by atoms with Gasteiger partial charge >= 0.3 is 0 Å². The number of nitriles is 1. The Kier molecular flexibility index (Phi) is 2.83. The van der Waals surface area contributed by atoms with Crippen molar-refractivity contribution in [3.05, 3.63) is 29.1 Å². The average molecular weight is 251 g/mol. The van der Waals surface area contributed by atoms with Gasteiger partial charge in [-0.05, 0) is 36.8 Å². The van der Waals surface area contributed by atoms with Crippen molar-refractivity contribution in [2.24, 2.45) is 0 Å². The topological polar surface area (TPSA) is 36.7 Å². The third-order valence-corrected chi connectivity index (χ3v) is 2.87. The zero-order chi connectivity index (χ0) is 9.97. The Hall–Kier alpha value is -0.880. The van der Waals surface area contributed by atoms with Gasteiger partial charge in [0.05, 0.1) is 0 Å². The average Bonchev–Trinajstić information content (AvgIpc) is 3.02. The van der Waals surface area contributed by atoms with Gasteiger partial charge in [0.2, 0.25) is 0 Å². The van der Waals surface area contributed by atoms with Crippen LogP contribution in [0.4, 0.5) is 0 Å². The molecule has 0 aliphatic heterocycles. The van der Waals surface area contributed by atoms with E-state index in [0.717, 1.165) is 17.4 Å². The van der Waals surface area contributed by atoms with E-state index < -0.39 is 0 Å². The van der Waals surface area contributed by atoms with Crippen LogP contribution in [0.5, 0.6) is 0 Å². The van der Waals surface area contributed by atoms with Gasteiger partial charge in [-0.3, -0.25) is 0 Å². The molecule has 0 N–H and O–H groups in total. The van der Waals surface area contributed by atoms with E-state index in [1.165, 1.54) is 18.4 Å². The Labute approximate surface area is 92.1 Å². The molecule has 0 amide bonds. The van der Waals surface area contributed by atoms with Crippen molar-refractivity contribution < 1.29 is 0 Å². The largest absolute Gasteiger partial charge is 0.242 e. The Morgan fingerprint density at radius 3 is 2.86 bits per heavy atom. The summed E-state index contributed by atoms with van der Waals surface area (Å²) >= 11 is 3.41. The molecule has 1 aromatic heterocycles. The van der Waals surface area contributed by atoms with Crippen molar-refractivity contribution in [3.8, 4) is 6.07 Å². The summed E-state index contributed by atoms with van der Waals surface area (Å²) in [5, 5.41) is 9.66. The normalized spacial score (nSPS) is 15.1. The number of nitrogens with zero attached hydrogens (tertiary/aromatic N) is 2. The van der Waals surface area contributed by atoms with Gasteiger partial charge in [0, 0.05) is 11.0 Å². The maximum absolute atomic E-state index is 8.75. The third kappa shape index (κ3) is 1.96. The summed E-state index contributed by atoms with van der Waals surface area (Å²) < 4.78 is 0. The lowest BCUT2D eigenvalue weighted by molar-refractivity contribution is 0.960. The number of alkyl halides is 1. The second-order valence-electron chi connectivity index (χ2n) is 3.56. The van der Waals surface area contributed by atoms with Gasteiger partial charge in [-0.25, -0.2) is 4.98 Å². The molecule has 1 heterocycles. The summed E-state index contributed by atoms with van der Waals surface area (Å²) in [7, 11) is 0. The SMILES string of the molecule is N#Cc1ccc(C2CC2)c(CCBr)n1. The van der Waals surface area contributed by atoms with E-state index >= 15 is 0 Å². The Bertz CT molecular complexity index is 377. The Morgan fingerprint density at radius 2 is 2.29 bits per heavy atom. The van der Waals surface area contributed by atoms with E-state index in [0.29, 0.717) is 11.6 Å². The standard InChI is InChI=1S/C11H11BrN2/c12-6-5-11-10(8-1-2-8)4-3-9(7-13)14-11/h3-4,8H,1-2,5-6H2. The maximum Gasteiger partial charge on any atom is 0.140 e. The summed E-state index contributed by atoms with van der Waals surface area (Å²) in [5.74, 6) is 0.712. The van der Waals surface area contributed by atoms with E-state index in [9.17, 15) is 0 Å². The lowest BCUT2D eigenvalue weighted by Crippen LogP contribution is -1.99. The van der Waals surface area contributed by atoms with E-state index in [4.69, 9.17) is 5.26 Å². The van der Waals surface area contributed by atoms with Gasteiger partial charge in [0.1, 0.15) is 11.8 Å². The molecule has 1 aliphatic rings. The predicted octanol–water partition coefficient (Wildman–Crippen LogP) is 2.77. The summed E-state index contributed by atoms with van der Waals surface area (Å²) in [4.78, 5) is 4.35. The molecule has 14 heavy (non-hydrogen) atoms. The van der Waals surface area contributed by atoms with Gasteiger partial charge in [-0.15, -0.1) is 0 Å². The molecule has 0 radical (unpaired) electrons. The van der Waals surface area contributed by atoms with Crippen LogP contribution in [0.1, 0.15) is 35.7 Å². The number of rotatable bonds is 3. The minimum atomic E-state index is 0.533. The second kappa shape index (κ2) is 4.10. The van der Waals surface area contributed by atoms with E-state index in [1.807, 2.05) is 6.07 Å². The van der Waals surface area contributed by atoms with E-state index in [-0.39, 0.29) is 0 Å². The fourth-order valence-corrected chi connectivity index (χ4v) is 2.01. The van der Waals surface area contributed by atoms with Gasteiger partial charge < -0.3 is 0 Å². The molecule has 1 aliphatic carbocycles. The monoisotopic (exact) mass is 250 g/mol. The molecule has 0 aromatic carbocycles. The van der Waals surface area contributed by atoms with Crippen molar-refractivity contribution in [2.75, 3.05) is 5.33 Å². The smallest absolute Gasteiger partial charge is 0.140 e. The molecule has 0 spiro atoms. The van der Waals surface area contributed by atoms with Crippen LogP contribution >= 0.6 is 15.9 Å². The quantitative estimate of drug-likeness (QED) is 0.774. The van der Waals surface area contributed by atoms with Crippen LogP contribution in [0.2, 0.25) is 0 Å². The molecule has 1 fully saturated rings. The molecule has 2 rings (SSSR count). The molecular formula is C11H11BrN2. The van der Waals surface area contributed by atoms with Gasteiger partial charge in [0.25, 0.3) is 0 Å². The number of aromatic nitrogens is 1. The molecular weight excluding hydrogens is 240 g/mol. The van der Waals surface area contributed by atoms with Crippen LogP contribution < -0.4 is 0 Å². The van der Waals surface area contributed by atoms with Crippen molar-refractivity contribution in [2.45, 2.75) is 25.2 Å². The summed E-state index contributed by atoms with van der Waals surface area (Å²) in [5.41, 5.74) is 2.98. The highest BCUT2D eigenvalue weighted by Gasteiger charge is 2.26. The van der Waals surface area contributed by atoms with Crippen LogP contribution in [0.15, 0.2) is 12.1 Å². The highest BCUT2D eigenvalue weighted by molar-refractivity contribution is 9.09. The molecule has 2 nitrogen and oxygen atoms in total. The zero-order valence-corrected chi connectivity index (χ0v) is 9.42. The summed E-state index contributed by atoms with van der Waals surface area (Å²) in [6.07, 6.45) is 3.48. The number of hydrogen-bond donors (Lipinski definition) is 0. The van der Waals surface area contributed by atoms with E-state index in [2.05, 4.69) is 33.0 Å². The summed E-state index contributed by atoms with van der Waals surface area (Å²) in [6, 6.07) is 5.98.